The molecule has 0 amide bonds. The van der Waals surface area contributed by atoms with Crippen molar-refractivity contribution in [3.05, 3.63) is 26.7 Å². The summed E-state index contributed by atoms with van der Waals surface area (Å²) < 4.78 is 11.2. The van der Waals surface area contributed by atoms with Gasteiger partial charge in [-0.1, -0.05) is 0 Å². The summed E-state index contributed by atoms with van der Waals surface area (Å²) in [6.45, 7) is 3.49. The van der Waals surface area contributed by atoms with Crippen LogP contribution in [0.3, 0.4) is 0 Å². The fourth-order valence-corrected chi connectivity index (χ4v) is 1.84. The Morgan fingerprint density at radius 1 is 1.33 bits per heavy atom. The lowest BCUT2D eigenvalue weighted by molar-refractivity contribution is -0.385. The van der Waals surface area contributed by atoms with Crippen molar-refractivity contribution in [3.8, 4) is 11.5 Å². The molecule has 0 saturated heterocycles. The summed E-state index contributed by atoms with van der Waals surface area (Å²) in [5.41, 5.74) is -0.0324. The first kappa shape index (κ1) is 10.2. The number of hydrogen-bond acceptors (Lipinski definition) is 4. The van der Waals surface area contributed by atoms with Gasteiger partial charge in [0.2, 0.25) is 5.79 Å². The van der Waals surface area contributed by atoms with Gasteiger partial charge in [0, 0.05) is 19.9 Å². The molecule has 0 atom stereocenters. The zero-order chi connectivity index (χ0) is 11.2. The van der Waals surface area contributed by atoms with Crippen LogP contribution in [-0.2, 0) is 0 Å². The molecule has 0 fully saturated rings. The Kier molecular flexibility index (Phi) is 2.11. The smallest absolute Gasteiger partial charge is 0.287 e. The van der Waals surface area contributed by atoms with E-state index >= 15 is 0 Å². The van der Waals surface area contributed by atoms with Crippen LogP contribution in [0.15, 0.2) is 16.6 Å². The van der Waals surface area contributed by atoms with Gasteiger partial charge >= 0.3 is 0 Å². The van der Waals surface area contributed by atoms with Crippen molar-refractivity contribution in [3.63, 3.8) is 0 Å². The van der Waals surface area contributed by atoms with Gasteiger partial charge in [0.15, 0.2) is 11.5 Å². The molecule has 0 radical (unpaired) electrons. The third-order valence-electron chi connectivity index (χ3n) is 1.92. The molecule has 0 aromatic heterocycles. The third kappa shape index (κ3) is 1.77. The van der Waals surface area contributed by atoms with Crippen molar-refractivity contribution in [1.29, 1.82) is 0 Å². The largest absolute Gasteiger partial charge is 0.449 e. The highest BCUT2D eigenvalue weighted by Crippen LogP contribution is 2.44. The molecule has 6 heteroatoms. The van der Waals surface area contributed by atoms with E-state index in [4.69, 9.17) is 9.47 Å². The topological polar surface area (TPSA) is 61.6 Å². The molecule has 0 N–H and O–H groups in total. The Morgan fingerprint density at radius 3 is 2.40 bits per heavy atom. The average Bonchev–Trinajstić information content (AvgIpc) is 2.36. The van der Waals surface area contributed by atoms with E-state index in [0.717, 1.165) is 0 Å². The number of ether oxygens (including phenoxy) is 2. The average molecular weight is 274 g/mol. The van der Waals surface area contributed by atoms with E-state index in [1.165, 1.54) is 6.07 Å². The zero-order valence-electron chi connectivity index (χ0n) is 8.11. The van der Waals surface area contributed by atoms with Gasteiger partial charge in [-0.25, -0.2) is 0 Å². The van der Waals surface area contributed by atoms with E-state index in [9.17, 15) is 10.1 Å². The van der Waals surface area contributed by atoms with Crippen LogP contribution in [-0.4, -0.2) is 10.7 Å². The van der Waals surface area contributed by atoms with Crippen molar-refractivity contribution >= 4 is 21.6 Å². The second-order valence-corrected chi connectivity index (χ2v) is 4.47. The fourth-order valence-electron chi connectivity index (χ4n) is 1.37. The van der Waals surface area contributed by atoms with Crippen LogP contribution < -0.4 is 9.47 Å². The number of halogens is 1. The van der Waals surface area contributed by atoms with Crippen molar-refractivity contribution in [2.45, 2.75) is 19.6 Å². The maximum Gasteiger partial charge on any atom is 0.287 e. The van der Waals surface area contributed by atoms with Gasteiger partial charge in [0.25, 0.3) is 5.69 Å². The van der Waals surface area contributed by atoms with Crippen LogP contribution in [0.25, 0.3) is 0 Å². The van der Waals surface area contributed by atoms with Crippen LogP contribution in [0.2, 0.25) is 0 Å². The Bertz CT molecular complexity index is 444. The predicted molar refractivity (Wildman–Crippen MR) is 56.1 cm³/mol. The van der Waals surface area contributed by atoms with Gasteiger partial charge in [0.05, 0.1) is 15.5 Å². The summed E-state index contributed by atoms with van der Waals surface area (Å²) in [5.74, 6) is 0.143. The van der Waals surface area contributed by atoms with E-state index in [2.05, 4.69) is 15.9 Å². The molecule has 5 nitrogen and oxygen atoms in total. The zero-order valence-corrected chi connectivity index (χ0v) is 9.70. The summed E-state index contributed by atoms with van der Waals surface area (Å²) in [4.78, 5) is 10.2. The monoisotopic (exact) mass is 273 g/mol. The van der Waals surface area contributed by atoms with E-state index in [0.29, 0.717) is 16.0 Å². The van der Waals surface area contributed by atoms with Crippen molar-refractivity contribution in [2.75, 3.05) is 0 Å². The lowest BCUT2D eigenvalue weighted by Crippen LogP contribution is -2.29. The van der Waals surface area contributed by atoms with Gasteiger partial charge in [-0.2, -0.15) is 0 Å². The number of nitrogens with zero attached hydrogens (tertiary/aromatic N) is 1. The second kappa shape index (κ2) is 3.10. The van der Waals surface area contributed by atoms with Gasteiger partial charge in [-0.05, 0) is 15.9 Å². The molecular formula is C9H8BrNO4. The standard InChI is InChI=1S/C9H8BrNO4/c1-9(2)14-7-3-5(10)6(11(12)13)4-8(7)15-9/h3-4H,1-2H3. The molecule has 0 bridgehead atoms. The molecular weight excluding hydrogens is 266 g/mol. The van der Waals surface area contributed by atoms with Crippen LogP contribution >= 0.6 is 15.9 Å². The first-order chi connectivity index (χ1) is 6.89. The minimum atomic E-state index is -0.767. The van der Waals surface area contributed by atoms with Gasteiger partial charge in [0.1, 0.15) is 0 Å². The minimum Gasteiger partial charge on any atom is -0.449 e. The number of benzene rings is 1. The van der Waals surface area contributed by atoms with E-state index in [1.807, 2.05) is 0 Å². The normalized spacial score (nSPS) is 16.5. The second-order valence-electron chi connectivity index (χ2n) is 3.61. The van der Waals surface area contributed by atoms with E-state index in [-0.39, 0.29) is 5.69 Å². The van der Waals surface area contributed by atoms with Crippen molar-refractivity contribution < 1.29 is 14.4 Å². The molecule has 15 heavy (non-hydrogen) atoms. The first-order valence-corrected chi connectivity index (χ1v) is 5.04. The highest BCUT2D eigenvalue weighted by Gasteiger charge is 2.34. The van der Waals surface area contributed by atoms with Crippen LogP contribution in [0.5, 0.6) is 11.5 Å². The molecule has 1 heterocycles. The molecule has 0 unspecified atom stereocenters. The molecule has 1 aliphatic heterocycles. The summed E-state index contributed by atoms with van der Waals surface area (Å²) in [7, 11) is 0. The van der Waals surface area contributed by atoms with Crippen LogP contribution in [0.1, 0.15) is 13.8 Å². The summed E-state index contributed by atoms with van der Waals surface area (Å²) in [6, 6.07) is 2.90. The molecule has 0 saturated carbocycles. The molecule has 2 rings (SSSR count). The summed E-state index contributed by atoms with van der Waals surface area (Å²) in [6.07, 6.45) is 0. The Labute approximate surface area is 94.3 Å². The molecule has 1 aromatic rings. The lowest BCUT2D eigenvalue weighted by atomic mass is 10.3. The number of rotatable bonds is 1. The number of fused-ring (bicyclic) bond motifs is 1. The lowest BCUT2D eigenvalue weighted by Gasteiger charge is -2.16. The van der Waals surface area contributed by atoms with E-state index < -0.39 is 10.7 Å². The first-order valence-electron chi connectivity index (χ1n) is 4.25. The Hall–Kier alpha value is -1.30. The van der Waals surface area contributed by atoms with Gasteiger partial charge in [-0.15, -0.1) is 0 Å². The van der Waals surface area contributed by atoms with Gasteiger partial charge < -0.3 is 9.47 Å². The Morgan fingerprint density at radius 2 is 1.87 bits per heavy atom. The van der Waals surface area contributed by atoms with Gasteiger partial charge in [-0.3, -0.25) is 10.1 Å². The summed E-state index contributed by atoms with van der Waals surface area (Å²) in [5, 5.41) is 10.7. The van der Waals surface area contributed by atoms with E-state index in [1.54, 1.807) is 19.9 Å². The SMILES string of the molecule is CC1(C)Oc2cc(Br)c([N+](=O)[O-])cc2O1. The van der Waals surface area contributed by atoms with Crippen LogP contribution in [0.4, 0.5) is 5.69 Å². The fraction of sp³-hybridized carbons (Fsp3) is 0.333. The van der Waals surface area contributed by atoms with Crippen LogP contribution in [0, 0.1) is 10.1 Å². The summed E-state index contributed by atoms with van der Waals surface area (Å²) >= 11 is 3.11. The minimum absolute atomic E-state index is 0.0324. The maximum atomic E-state index is 10.7. The number of nitro groups is 1. The predicted octanol–water partition coefficient (Wildman–Crippen LogP) is 2.86. The number of nitro benzene ring substituents is 1. The highest BCUT2D eigenvalue weighted by molar-refractivity contribution is 9.10. The highest BCUT2D eigenvalue weighted by atomic mass is 79.9. The number of hydrogen-bond donors (Lipinski definition) is 0. The molecule has 1 aliphatic rings. The quantitative estimate of drug-likeness (QED) is 0.583. The van der Waals surface area contributed by atoms with Crippen molar-refractivity contribution in [2.24, 2.45) is 0 Å². The molecule has 0 aliphatic carbocycles. The molecule has 1 aromatic carbocycles. The molecule has 80 valence electrons. The Balaban J connectivity index is 2.50. The maximum absolute atomic E-state index is 10.7. The molecule has 0 spiro atoms. The van der Waals surface area contributed by atoms with Crippen molar-refractivity contribution in [1.82, 2.24) is 0 Å². The third-order valence-corrected chi connectivity index (χ3v) is 2.56.